The highest BCUT2D eigenvalue weighted by Crippen LogP contribution is 2.36. The zero-order valence-corrected chi connectivity index (χ0v) is 17.2. The van der Waals surface area contributed by atoms with Crippen molar-refractivity contribution in [1.29, 1.82) is 0 Å². The molecule has 1 aromatic carbocycles. The smallest absolute Gasteiger partial charge is 0.248 e. The zero-order valence-electron chi connectivity index (χ0n) is 15.5. The van der Waals surface area contributed by atoms with Crippen molar-refractivity contribution in [3.63, 3.8) is 0 Å². The molecule has 1 saturated carbocycles. The van der Waals surface area contributed by atoms with Crippen LogP contribution in [0, 0.1) is 5.92 Å². The van der Waals surface area contributed by atoms with Crippen LogP contribution in [0.15, 0.2) is 24.3 Å². The maximum Gasteiger partial charge on any atom is 0.248 e. The van der Waals surface area contributed by atoms with Gasteiger partial charge in [-0.3, -0.25) is 9.59 Å². The van der Waals surface area contributed by atoms with Crippen molar-refractivity contribution in [3.05, 3.63) is 29.3 Å². The molecule has 0 aromatic heterocycles. The molecular weight excluding hydrogens is 382 g/mol. The first-order valence-electron chi connectivity index (χ1n) is 9.73. The Kier molecular flexibility index (Phi) is 6.93. The lowest BCUT2D eigenvalue weighted by Gasteiger charge is -2.39. The highest BCUT2D eigenvalue weighted by atomic mass is 35.5. The van der Waals surface area contributed by atoms with Gasteiger partial charge < -0.3 is 15.5 Å². The Bertz CT molecular complexity index is 654. The fourth-order valence-electron chi connectivity index (χ4n) is 4.14. The van der Waals surface area contributed by atoms with E-state index in [1.54, 1.807) is 0 Å². The van der Waals surface area contributed by atoms with E-state index in [9.17, 15) is 9.59 Å². The van der Waals surface area contributed by atoms with Crippen LogP contribution in [0.25, 0.3) is 0 Å². The SMILES string of the molecule is O=C(CS)NCC1CCN(C(=O)C2(Nc3ccc(Cl)cc3)CCCC2)CC1. The second-order valence-electron chi connectivity index (χ2n) is 7.62. The van der Waals surface area contributed by atoms with Crippen LogP contribution in [-0.4, -0.2) is 47.6 Å². The van der Waals surface area contributed by atoms with E-state index < -0.39 is 5.54 Å². The maximum absolute atomic E-state index is 13.4. The van der Waals surface area contributed by atoms with Gasteiger partial charge in [0.1, 0.15) is 5.54 Å². The molecule has 3 rings (SSSR count). The van der Waals surface area contributed by atoms with Gasteiger partial charge in [0.15, 0.2) is 0 Å². The second-order valence-corrected chi connectivity index (χ2v) is 8.37. The maximum atomic E-state index is 13.4. The van der Waals surface area contributed by atoms with Crippen LogP contribution >= 0.6 is 24.2 Å². The summed E-state index contributed by atoms with van der Waals surface area (Å²) in [7, 11) is 0. The third-order valence-electron chi connectivity index (χ3n) is 5.73. The van der Waals surface area contributed by atoms with Crippen LogP contribution in [0.5, 0.6) is 0 Å². The molecule has 27 heavy (non-hydrogen) atoms. The summed E-state index contributed by atoms with van der Waals surface area (Å²) in [4.78, 5) is 26.7. The quantitative estimate of drug-likeness (QED) is 0.631. The molecule has 1 aliphatic heterocycles. The van der Waals surface area contributed by atoms with Gasteiger partial charge >= 0.3 is 0 Å². The number of hydrogen-bond donors (Lipinski definition) is 3. The Morgan fingerprint density at radius 1 is 1.15 bits per heavy atom. The number of thiol groups is 1. The molecule has 1 aromatic rings. The Hall–Kier alpha value is -1.40. The molecule has 1 saturated heterocycles. The molecule has 0 unspecified atom stereocenters. The molecule has 1 aliphatic carbocycles. The Morgan fingerprint density at radius 2 is 1.78 bits per heavy atom. The summed E-state index contributed by atoms with van der Waals surface area (Å²) in [6.07, 6.45) is 5.72. The number of piperidine rings is 1. The van der Waals surface area contributed by atoms with E-state index in [1.807, 2.05) is 29.2 Å². The van der Waals surface area contributed by atoms with Crippen LogP contribution in [0.3, 0.4) is 0 Å². The zero-order chi connectivity index (χ0) is 19.3. The number of likely N-dealkylation sites (tertiary alicyclic amines) is 1. The van der Waals surface area contributed by atoms with Gasteiger partial charge in [-0.25, -0.2) is 0 Å². The Morgan fingerprint density at radius 3 is 2.37 bits per heavy atom. The average Bonchev–Trinajstić information content (AvgIpc) is 3.17. The van der Waals surface area contributed by atoms with Crippen LogP contribution in [-0.2, 0) is 9.59 Å². The lowest BCUT2D eigenvalue weighted by molar-refractivity contribution is -0.137. The molecule has 2 fully saturated rings. The van der Waals surface area contributed by atoms with Crippen LogP contribution in [0.2, 0.25) is 5.02 Å². The van der Waals surface area contributed by atoms with Gasteiger partial charge in [-0.1, -0.05) is 24.4 Å². The molecular formula is C20H28ClN3O2S. The topological polar surface area (TPSA) is 61.4 Å². The number of halogens is 1. The van der Waals surface area contributed by atoms with Crippen molar-refractivity contribution in [2.24, 2.45) is 5.92 Å². The first-order chi connectivity index (χ1) is 13.0. The summed E-state index contributed by atoms with van der Waals surface area (Å²) < 4.78 is 0. The van der Waals surface area contributed by atoms with E-state index in [4.69, 9.17) is 11.6 Å². The number of anilines is 1. The summed E-state index contributed by atoms with van der Waals surface area (Å²) >= 11 is 9.96. The Labute approximate surface area is 171 Å². The first-order valence-corrected chi connectivity index (χ1v) is 10.7. The summed E-state index contributed by atoms with van der Waals surface area (Å²) in [6.45, 7) is 2.18. The minimum absolute atomic E-state index is 0.0334. The molecule has 2 N–H and O–H groups in total. The standard InChI is InChI=1S/C20H28ClN3O2S/c21-16-3-5-17(6-4-16)23-20(9-1-2-10-20)19(26)24-11-7-15(8-12-24)13-22-18(25)14-27/h3-6,15,23,27H,1-2,7-14H2,(H,22,25). The van der Waals surface area contributed by atoms with Gasteiger partial charge in [0, 0.05) is 30.3 Å². The molecule has 0 spiro atoms. The molecule has 5 nitrogen and oxygen atoms in total. The van der Waals surface area contributed by atoms with Crippen LogP contribution in [0.1, 0.15) is 38.5 Å². The molecule has 2 amide bonds. The fraction of sp³-hybridized carbons (Fsp3) is 0.600. The fourth-order valence-corrected chi connectivity index (χ4v) is 4.38. The van der Waals surface area contributed by atoms with Crippen molar-refractivity contribution in [3.8, 4) is 0 Å². The molecule has 1 heterocycles. The second kappa shape index (κ2) is 9.20. The lowest BCUT2D eigenvalue weighted by Crippen LogP contribution is -2.54. The first kappa shape index (κ1) is 20.3. The Balaban J connectivity index is 1.59. The van der Waals surface area contributed by atoms with Crippen LogP contribution in [0.4, 0.5) is 5.69 Å². The minimum Gasteiger partial charge on any atom is -0.371 e. The number of benzene rings is 1. The van der Waals surface area contributed by atoms with Crippen molar-refractivity contribution in [2.45, 2.75) is 44.1 Å². The van der Waals surface area contributed by atoms with E-state index in [0.29, 0.717) is 17.5 Å². The largest absolute Gasteiger partial charge is 0.371 e. The monoisotopic (exact) mass is 409 g/mol. The third-order valence-corrected chi connectivity index (χ3v) is 6.27. The van der Waals surface area contributed by atoms with Gasteiger partial charge in [0.25, 0.3) is 0 Å². The molecule has 148 valence electrons. The van der Waals surface area contributed by atoms with Crippen molar-refractivity contribution < 1.29 is 9.59 Å². The molecule has 0 bridgehead atoms. The van der Waals surface area contributed by atoms with Gasteiger partial charge in [-0.05, 0) is 55.9 Å². The number of nitrogens with zero attached hydrogens (tertiary/aromatic N) is 1. The molecule has 0 atom stereocenters. The van der Waals surface area contributed by atoms with Crippen molar-refractivity contribution in [1.82, 2.24) is 10.2 Å². The van der Waals surface area contributed by atoms with Gasteiger partial charge in [-0.15, -0.1) is 0 Å². The summed E-state index contributed by atoms with van der Waals surface area (Å²) in [5, 5.41) is 7.12. The predicted octanol–water partition coefficient (Wildman–Crippen LogP) is 3.35. The number of hydrogen-bond acceptors (Lipinski definition) is 4. The van der Waals surface area contributed by atoms with E-state index in [-0.39, 0.29) is 17.6 Å². The van der Waals surface area contributed by atoms with Gasteiger partial charge in [0.2, 0.25) is 11.8 Å². The predicted molar refractivity (Wildman–Crippen MR) is 112 cm³/mol. The normalized spacial score (nSPS) is 19.7. The highest BCUT2D eigenvalue weighted by molar-refractivity contribution is 7.81. The number of rotatable bonds is 6. The van der Waals surface area contributed by atoms with Crippen LogP contribution < -0.4 is 10.6 Å². The summed E-state index contributed by atoms with van der Waals surface area (Å²) in [5.41, 5.74) is 0.444. The molecule has 2 aliphatic rings. The highest BCUT2D eigenvalue weighted by Gasteiger charge is 2.44. The number of amides is 2. The van der Waals surface area contributed by atoms with Gasteiger partial charge in [0.05, 0.1) is 5.75 Å². The van der Waals surface area contributed by atoms with E-state index in [2.05, 4.69) is 23.3 Å². The average molecular weight is 410 g/mol. The molecule has 0 radical (unpaired) electrons. The number of carbonyl (C=O) groups is 2. The molecule has 7 heteroatoms. The van der Waals surface area contributed by atoms with Gasteiger partial charge in [-0.2, -0.15) is 12.6 Å². The summed E-state index contributed by atoms with van der Waals surface area (Å²) in [6, 6.07) is 7.57. The number of nitrogens with one attached hydrogen (secondary N) is 2. The van der Waals surface area contributed by atoms with Crippen molar-refractivity contribution in [2.75, 3.05) is 30.7 Å². The lowest BCUT2D eigenvalue weighted by atomic mass is 9.91. The number of carbonyl (C=O) groups excluding carboxylic acids is 2. The van der Waals surface area contributed by atoms with E-state index >= 15 is 0 Å². The van der Waals surface area contributed by atoms with Crippen molar-refractivity contribution >= 4 is 41.7 Å². The minimum atomic E-state index is -0.499. The summed E-state index contributed by atoms with van der Waals surface area (Å²) in [5.74, 6) is 0.833. The van der Waals surface area contributed by atoms with E-state index in [1.165, 1.54) is 0 Å². The third kappa shape index (κ3) is 5.11. The van der Waals surface area contributed by atoms with E-state index in [0.717, 1.165) is 57.3 Å².